The first kappa shape index (κ1) is 24.6. The molecule has 1 aromatic heterocycles. The molecule has 0 unspecified atom stereocenters. The Kier molecular flexibility index (Phi) is 11.4. The SMILES string of the molecule is CC(=O)N[C@@H](Cc1c[nH]c2ccccc12)C(=O)NCCCCCCCCCCC[C]=O. The van der Waals surface area contributed by atoms with Crippen molar-refractivity contribution >= 4 is 29.0 Å². The molecule has 0 aliphatic carbocycles. The number of para-hydroxylation sites is 1. The second-order valence-electron chi connectivity index (χ2n) is 8.18. The molecule has 0 fully saturated rings. The van der Waals surface area contributed by atoms with Crippen LogP contribution in [-0.4, -0.2) is 35.7 Å². The van der Waals surface area contributed by atoms with Crippen LogP contribution in [0.5, 0.6) is 0 Å². The van der Waals surface area contributed by atoms with E-state index in [1.165, 1.54) is 39.0 Å². The van der Waals surface area contributed by atoms with Gasteiger partial charge in [0.05, 0.1) is 0 Å². The van der Waals surface area contributed by atoms with Crippen LogP contribution in [0.3, 0.4) is 0 Å². The normalized spacial score (nSPS) is 11.9. The lowest BCUT2D eigenvalue weighted by atomic mass is 10.0. The minimum Gasteiger partial charge on any atom is -0.361 e. The van der Waals surface area contributed by atoms with E-state index in [4.69, 9.17) is 0 Å². The van der Waals surface area contributed by atoms with Gasteiger partial charge in [-0.25, -0.2) is 0 Å². The monoisotopic (exact) mass is 426 g/mol. The number of hydrogen-bond acceptors (Lipinski definition) is 3. The standard InChI is InChI=1S/C25H36N3O3/c1-20(30)28-24(18-21-19-27-23-15-11-10-14-22(21)23)25(31)26-16-12-8-6-4-2-3-5-7-9-13-17-29/h10-11,14-15,19,24,27H,2-9,12-13,16,18H2,1H3,(H,26,31)(H,28,30)/t24-/m0/s1. The number of nitrogens with one attached hydrogen (secondary N) is 3. The van der Waals surface area contributed by atoms with Crippen molar-refractivity contribution in [3.05, 3.63) is 36.0 Å². The number of rotatable bonds is 16. The van der Waals surface area contributed by atoms with Crippen LogP contribution in [0.2, 0.25) is 0 Å². The van der Waals surface area contributed by atoms with Crippen molar-refractivity contribution in [1.82, 2.24) is 15.6 Å². The molecule has 2 amide bonds. The average Bonchev–Trinajstić information content (AvgIpc) is 3.16. The van der Waals surface area contributed by atoms with Crippen LogP contribution < -0.4 is 10.6 Å². The summed E-state index contributed by atoms with van der Waals surface area (Å²) in [6.07, 6.45) is 15.0. The highest BCUT2D eigenvalue weighted by molar-refractivity contribution is 5.89. The van der Waals surface area contributed by atoms with Crippen LogP contribution in [0.15, 0.2) is 30.5 Å². The number of hydrogen-bond donors (Lipinski definition) is 3. The van der Waals surface area contributed by atoms with Crippen molar-refractivity contribution in [3.8, 4) is 0 Å². The van der Waals surface area contributed by atoms with Crippen LogP contribution >= 0.6 is 0 Å². The summed E-state index contributed by atoms with van der Waals surface area (Å²) >= 11 is 0. The number of aromatic amines is 1. The Balaban J connectivity index is 1.65. The molecule has 1 aromatic carbocycles. The number of benzene rings is 1. The summed E-state index contributed by atoms with van der Waals surface area (Å²) in [6.45, 7) is 2.07. The molecular formula is C25H36N3O3. The highest BCUT2D eigenvalue weighted by atomic mass is 16.2. The predicted octanol–water partition coefficient (Wildman–Crippen LogP) is 4.34. The predicted molar refractivity (Wildman–Crippen MR) is 124 cm³/mol. The third-order valence-electron chi connectivity index (χ3n) is 5.55. The number of unbranched alkanes of at least 4 members (excludes halogenated alkanes) is 9. The molecule has 31 heavy (non-hydrogen) atoms. The van der Waals surface area contributed by atoms with E-state index >= 15 is 0 Å². The molecule has 1 radical (unpaired) electrons. The first-order chi connectivity index (χ1) is 15.1. The van der Waals surface area contributed by atoms with Gasteiger partial charge in [-0.1, -0.05) is 63.1 Å². The highest BCUT2D eigenvalue weighted by Crippen LogP contribution is 2.19. The van der Waals surface area contributed by atoms with E-state index in [-0.39, 0.29) is 11.8 Å². The molecule has 0 saturated heterocycles. The van der Waals surface area contributed by atoms with E-state index in [0.29, 0.717) is 19.4 Å². The summed E-state index contributed by atoms with van der Waals surface area (Å²) in [5.74, 6) is -0.336. The maximum Gasteiger partial charge on any atom is 0.242 e. The summed E-state index contributed by atoms with van der Waals surface area (Å²) < 4.78 is 0. The second-order valence-corrected chi connectivity index (χ2v) is 8.18. The topological polar surface area (TPSA) is 91.1 Å². The molecule has 2 rings (SSSR count). The lowest BCUT2D eigenvalue weighted by molar-refractivity contribution is -0.128. The maximum atomic E-state index is 12.7. The van der Waals surface area contributed by atoms with Gasteiger partial charge in [0.1, 0.15) is 6.04 Å². The molecule has 6 heteroatoms. The summed E-state index contributed by atoms with van der Waals surface area (Å²) in [6, 6.07) is 7.38. The first-order valence-electron chi connectivity index (χ1n) is 11.6. The van der Waals surface area contributed by atoms with Crippen molar-refractivity contribution < 1.29 is 14.4 Å². The van der Waals surface area contributed by atoms with Crippen molar-refractivity contribution in [3.63, 3.8) is 0 Å². The number of aromatic nitrogens is 1. The Bertz CT molecular complexity index is 815. The summed E-state index contributed by atoms with van der Waals surface area (Å²) in [7, 11) is 0. The zero-order chi connectivity index (χ0) is 22.3. The molecule has 0 spiro atoms. The van der Waals surface area contributed by atoms with Crippen molar-refractivity contribution in [2.75, 3.05) is 6.54 Å². The molecule has 0 aliphatic heterocycles. The van der Waals surface area contributed by atoms with Gasteiger partial charge in [-0.2, -0.15) is 0 Å². The lowest BCUT2D eigenvalue weighted by Gasteiger charge is -2.17. The van der Waals surface area contributed by atoms with Crippen LogP contribution in [0.4, 0.5) is 0 Å². The number of H-pyrrole nitrogens is 1. The van der Waals surface area contributed by atoms with Gasteiger partial charge in [0.25, 0.3) is 0 Å². The summed E-state index contributed by atoms with van der Waals surface area (Å²) in [5.41, 5.74) is 2.05. The van der Waals surface area contributed by atoms with E-state index < -0.39 is 6.04 Å². The van der Waals surface area contributed by atoms with Crippen LogP contribution in [-0.2, 0) is 20.8 Å². The fourth-order valence-corrected chi connectivity index (χ4v) is 3.87. The van der Waals surface area contributed by atoms with Gasteiger partial charge in [0.15, 0.2) is 6.29 Å². The van der Waals surface area contributed by atoms with Crippen LogP contribution in [0.25, 0.3) is 10.9 Å². The van der Waals surface area contributed by atoms with Crippen LogP contribution in [0.1, 0.15) is 76.7 Å². The first-order valence-corrected chi connectivity index (χ1v) is 11.6. The second kappa shape index (κ2) is 14.4. The number of carbonyl (C=O) groups is 2. The van der Waals surface area contributed by atoms with E-state index in [1.807, 2.05) is 36.7 Å². The molecule has 0 saturated carbocycles. The Morgan fingerprint density at radius 2 is 1.61 bits per heavy atom. The van der Waals surface area contributed by atoms with Crippen molar-refractivity contribution in [2.24, 2.45) is 0 Å². The van der Waals surface area contributed by atoms with E-state index in [0.717, 1.165) is 42.1 Å². The Morgan fingerprint density at radius 1 is 0.968 bits per heavy atom. The lowest BCUT2D eigenvalue weighted by Crippen LogP contribution is -2.47. The molecule has 1 heterocycles. The fourth-order valence-electron chi connectivity index (χ4n) is 3.87. The Hall–Kier alpha value is -2.63. The van der Waals surface area contributed by atoms with E-state index in [9.17, 15) is 14.4 Å². The quantitative estimate of drug-likeness (QED) is 0.349. The van der Waals surface area contributed by atoms with Crippen molar-refractivity contribution in [1.29, 1.82) is 0 Å². The van der Waals surface area contributed by atoms with Gasteiger partial charge in [-0.15, -0.1) is 0 Å². The maximum absolute atomic E-state index is 12.7. The number of amides is 2. The zero-order valence-electron chi connectivity index (χ0n) is 18.7. The third-order valence-corrected chi connectivity index (χ3v) is 5.55. The molecule has 0 bridgehead atoms. The number of carbonyl (C=O) groups excluding carboxylic acids is 3. The molecule has 1 atom stereocenters. The van der Waals surface area contributed by atoms with Crippen molar-refractivity contribution in [2.45, 2.75) is 83.6 Å². The van der Waals surface area contributed by atoms with Gasteiger partial charge in [-0.05, 0) is 24.5 Å². The largest absolute Gasteiger partial charge is 0.361 e. The molecule has 169 valence electrons. The summed E-state index contributed by atoms with van der Waals surface area (Å²) in [4.78, 5) is 37.6. The molecule has 6 nitrogen and oxygen atoms in total. The smallest absolute Gasteiger partial charge is 0.242 e. The molecule has 3 N–H and O–H groups in total. The number of fused-ring (bicyclic) bond motifs is 1. The van der Waals surface area contributed by atoms with Gasteiger partial charge in [0, 0.05) is 43.4 Å². The zero-order valence-corrected chi connectivity index (χ0v) is 18.7. The van der Waals surface area contributed by atoms with E-state index in [2.05, 4.69) is 15.6 Å². The highest BCUT2D eigenvalue weighted by Gasteiger charge is 2.21. The summed E-state index contributed by atoms with van der Waals surface area (Å²) in [5, 5.41) is 6.85. The Morgan fingerprint density at radius 3 is 2.29 bits per heavy atom. The Labute approximate surface area is 185 Å². The van der Waals surface area contributed by atoms with Crippen LogP contribution in [0, 0.1) is 0 Å². The van der Waals surface area contributed by atoms with Gasteiger partial charge >= 0.3 is 0 Å². The fraction of sp³-hybridized carbons (Fsp3) is 0.560. The third kappa shape index (κ3) is 9.37. The molecule has 2 aromatic rings. The van der Waals surface area contributed by atoms with Gasteiger partial charge in [-0.3, -0.25) is 14.4 Å². The molecule has 0 aliphatic rings. The van der Waals surface area contributed by atoms with Gasteiger partial charge in [0.2, 0.25) is 11.8 Å². The molecular weight excluding hydrogens is 390 g/mol. The van der Waals surface area contributed by atoms with Gasteiger partial charge < -0.3 is 15.6 Å². The average molecular weight is 427 g/mol. The minimum atomic E-state index is -0.575. The minimum absolute atomic E-state index is 0.131. The van der Waals surface area contributed by atoms with E-state index in [1.54, 1.807) is 0 Å².